The second kappa shape index (κ2) is 13.5. The van der Waals surface area contributed by atoms with Gasteiger partial charge in [-0.1, -0.05) is 64.7 Å². The van der Waals surface area contributed by atoms with Crippen molar-refractivity contribution in [2.45, 2.75) is 71.1 Å². The molecule has 18 heavy (non-hydrogen) atoms. The zero-order valence-electron chi connectivity index (χ0n) is 10.9. The van der Waals surface area contributed by atoms with Gasteiger partial charge in [0.15, 0.2) is 0 Å². The molecule has 0 amide bonds. The standard InChI is InChI=1S/C12H26O4S.Be.2H/c1-2-3-4-5-6-7-8-9-10-11-12-16-17(13,14)15;;;/h2-12H2,1H3,(H,13,14,15);;;. The van der Waals surface area contributed by atoms with Gasteiger partial charge in [0.25, 0.3) is 0 Å². The van der Waals surface area contributed by atoms with E-state index in [0.29, 0.717) is 6.42 Å². The fourth-order valence-electron chi connectivity index (χ4n) is 1.75. The minimum absolute atomic E-state index is 0. The van der Waals surface area contributed by atoms with E-state index in [4.69, 9.17) is 4.55 Å². The molecule has 0 aliphatic heterocycles. The summed E-state index contributed by atoms with van der Waals surface area (Å²) in [4.78, 5) is 0. The van der Waals surface area contributed by atoms with Crippen molar-refractivity contribution in [1.82, 2.24) is 0 Å². The average Bonchev–Trinajstić information content (AvgIpc) is 2.24. The monoisotopic (exact) mass is 277 g/mol. The number of hydrogen-bond donors (Lipinski definition) is 1. The van der Waals surface area contributed by atoms with Gasteiger partial charge in [-0.3, -0.25) is 4.55 Å². The number of rotatable bonds is 12. The molecule has 0 radical (unpaired) electrons. The Morgan fingerprint density at radius 3 is 1.61 bits per heavy atom. The second-order valence-corrected chi connectivity index (χ2v) is 5.52. The van der Waals surface area contributed by atoms with E-state index >= 15 is 0 Å². The van der Waals surface area contributed by atoms with Crippen LogP contribution >= 0.6 is 0 Å². The summed E-state index contributed by atoms with van der Waals surface area (Å²) >= 11 is 0. The van der Waals surface area contributed by atoms with Crippen LogP contribution in [0.2, 0.25) is 0 Å². The van der Waals surface area contributed by atoms with E-state index in [0.717, 1.165) is 12.8 Å². The molecule has 0 spiro atoms. The molecule has 4 nitrogen and oxygen atoms in total. The van der Waals surface area contributed by atoms with Gasteiger partial charge < -0.3 is 0 Å². The molecule has 0 unspecified atom stereocenters. The van der Waals surface area contributed by atoms with Crippen LogP contribution in [0.25, 0.3) is 0 Å². The van der Waals surface area contributed by atoms with Crippen molar-refractivity contribution in [3.8, 4) is 0 Å². The third kappa shape index (κ3) is 18.4. The summed E-state index contributed by atoms with van der Waals surface area (Å²) in [5, 5.41) is 0. The summed E-state index contributed by atoms with van der Waals surface area (Å²) in [5.41, 5.74) is 0. The summed E-state index contributed by atoms with van der Waals surface area (Å²) in [6.07, 6.45) is 11.9. The Kier molecular flexibility index (Phi) is 15.2. The van der Waals surface area contributed by atoms with Crippen LogP contribution < -0.4 is 0 Å². The molecular weight excluding hydrogens is 249 g/mol. The molecule has 0 atom stereocenters. The molecule has 6 heteroatoms. The molecule has 1 N–H and O–H groups in total. The molecule has 0 bridgehead atoms. The van der Waals surface area contributed by atoms with Gasteiger partial charge in [-0.05, 0) is 6.42 Å². The van der Waals surface area contributed by atoms with Gasteiger partial charge in [-0.15, -0.1) is 0 Å². The van der Waals surface area contributed by atoms with Gasteiger partial charge in [0, 0.05) is 0 Å². The third-order valence-electron chi connectivity index (χ3n) is 2.73. The van der Waals surface area contributed by atoms with Gasteiger partial charge in [-0.25, -0.2) is 4.18 Å². The predicted molar refractivity (Wildman–Crippen MR) is 77.9 cm³/mol. The van der Waals surface area contributed by atoms with E-state index in [1.807, 2.05) is 0 Å². The van der Waals surface area contributed by atoms with Gasteiger partial charge in [0.05, 0.1) is 6.61 Å². The molecule has 0 heterocycles. The zero-order valence-corrected chi connectivity index (χ0v) is 11.7. The average molecular weight is 277 g/mol. The second-order valence-electron chi connectivity index (χ2n) is 4.43. The van der Waals surface area contributed by atoms with Crippen LogP contribution in [0.4, 0.5) is 0 Å². The van der Waals surface area contributed by atoms with Crippen molar-refractivity contribution in [3.63, 3.8) is 0 Å². The van der Waals surface area contributed by atoms with E-state index < -0.39 is 10.4 Å². The SMILES string of the molecule is CCCCCCCCCCCCOS(=O)(=O)O.[BeH2]. The minimum atomic E-state index is -4.23. The quantitative estimate of drug-likeness (QED) is 0.338. The first kappa shape index (κ1) is 20.4. The molecule has 0 aliphatic carbocycles. The van der Waals surface area contributed by atoms with Crippen molar-refractivity contribution < 1.29 is 17.2 Å². The molecule has 0 fully saturated rings. The van der Waals surface area contributed by atoms with Crippen molar-refractivity contribution in [2.24, 2.45) is 0 Å². The number of unbranched alkanes of at least 4 members (excludes halogenated alkanes) is 9. The Balaban J connectivity index is 0. The predicted octanol–water partition coefficient (Wildman–Crippen LogP) is 2.81. The zero-order chi connectivity index (χ0) is 13.0. The van der Waals surface area contributed by atoms with Crippen LogP contribution in [-0.4, -0.2) is 29.7 Å². The van der Waals surface area contributed by atoms with Crippen LogP contribution in [0.15, 0.2) is 0 Å². The van der Waals surface area contributed by atoms with Gasteiger partial charge >= 0.3 is 20.5 Å². The summed E-state index contributed by atoms with van der Waals surface area (Å²) in [6.45, 7) is 2.31. The van der Waals surface area contributed by atoms with Crippen LogP contribution in [0, 0.1) is 0 Å². The van der Waals surface area contributed by atoms with Crippen LogP contribution in [0.1, 0.15) is 71.1 Å². The molecule has 0 rings (SSSR count). The fraction of sp³-hybridized carbons (Fsp3) is 1.00. The van der Waals surface area contributed by atoms with E-state index in [-0.39, 0.29) is 16.7 Å². The van der Waals surface area contributed by atoms with Crippen molar-refractivity contribution in [1.29, 1.82) is 0 Å². The normalized spacial score (nSPS) is 11.2. The van der Waals surface area contributed by atoms with E-state index in [9.17, 15) is 8.42 Å². The van der Waals surface area contributed by atoms with Crippen molar-refractivity contribution >= 4 is 20.5 Å². The van der Waals surface area contributed by atoms with Gasteiger partial charge in [0.1, 0.15) is 0 Å². The molecule has 0 aromatic heterocycles. The molecule has 0 aromatic carbocycles. The van der Waals surface area contributed by atoms with E-state index in [2.05, 4.69) is 11.1 Å². The first-order valence-electron chi connectivity index (χ1n) is 6.68. The van der Waals surface area contributed by atoms with Crippen LogP contribution in [0.5, 0.6) is 0 Å². The summed E-state index contributed by atoms with van der Waals surface area (Å²) in [6, 6.07) is 0. The van der Waals surface area contributed by atoms with Crippen molar-refractivity contribution in [3.05, 3.63) is 0 Å². The molecule has 0 saturated carbocycles. The van der Waals surface area contributed by atoms with Crippen LogP contribution in [0.3, 0.4) is 0 Å². The first-order chi connectivity index (χ1) is 8.06. The summed E-state index contributed by atoms with van der Waals surface area (Å²) in [7, 11) is -4.23. The molecule has 0 aromatic rings. The van der Waals surface area contributed by atoms with Crippen LogP contribution in [-0.2, 0) is 14.6 Å². The summed E-state index contributed by atoms with van der Waals surface area (Å²) in [5.74, 6) is 0. The Morgan fingerprint density at radius 1 is 0.833 bits per heavy atom. The maximum absolute atomic E-state index is 10.2. The Morgan fingerprint density at radius 2 is 1.22 bits per heavy atom. The maximum atomic E-state index is 10.2. The molecule has 0 aliphatic rings. The van der Waals surface area contributed by atoms with Gasteiger partial charge in [0.2, 0.25) is 0 Å². The van der Waals surface area contributed by atoms with E-state index in [1.165, 1.54) is 44.9 Å². The Hall–Kier alpha value is 0.0388. The molecule has 108 valence electrons. The fourth-order valence-corrected chi connectivity index (χ4v) is 2.08. The van der Waals surface area contributed by atoms with E-state index in [1.54, 1.807) is 0 Å². The third-order valence-corrected chi connectivity index (χ3v) is 3.19. The Labute approximate surface area is 116 Å². The molecular formula is C12H28BeO4S. The van der Waals surface area contributed by atoms with Gasteiger partial charge in [-0.2, -0.15) is 8.42 Å². The molecule has 0 saturated heterocycles. The van der Waals surface area contributed by atoms with Crippen molar-refractivity contribution in [2.75, 3.05) is 6.61 Å². The number of hydrogen-bond acceptors (Lipinski definition) is 3. The Bertz CT molecular complexity index is 255. The summed E-state index contributed by atoms with van der Waals surface area (Å²) < 4.78 is 33.0. The first-order valence-corrected chi connectivity index (χ1v) is 8.04. The topological polar surface area (TPSA) is 63.6 Å².